The van der Waals surface area contributed by atoms with Gasteiger partial charge in [0, 0.05) is 11.8 Å². The van der Waals surface area contributed by atoms with Gasteiger partial charge >= 0.3 is 0 Å². The third-order valence-electron chi connectivity index (χ3n) is 5.30. The van der Waals surface area contributed by atoms with Crippen molar-refractivity contribution in [2.24, 2.45) is 4.99 Å². The molecule has 0 amide bonds. The van der Waals surface area contributed by atoms with Gasteiger partial charge in [0.2, 0.25) is 0 Å². The van der Waals surface area contributed by atoms with E-state index in [-0.39, 0.29) is 5.75 Å². The molecule has 5 aromatic carbocycles. The van der Waals surface area contributed by atoms with Gasteiger partial charge in [0.05, 0.1) is 6.54 Å². The molecule has 0 bridgehead atoms. The molecule has 0 fully saturated rings. The van der Waals surface area contributed by atoms with Crippen LogP contribution >= 0.6 is 0 Å². The maximum atomic E-state index is 10.4. The van der Waals surface area contributed by atoms with E-state index < -0.39 is 0 Å². The zero-order chi connectivity index (χ0) is 18.9. The molecule has 5 rings (SSSR count). The number of hydrogen-bond acceptors (Lipinski definition) is 2. The molecule has 2 nitrogen and oxygen atoms in total. The number of benzene rings is 5. The van der Waals surface area contributed by atoms with E-state index >= 15 is 0 Å². The van der Waals surface area contributed by atoms with Gasteiger partial charge < -0.3 is 5.11 Å². The zero-order valence-corrected chi connectivity index (χ0v) is 15.3. The second-order valence-electron chi connectivity index (χ2n) is 6.99. The summed E-state index contributed by atoms with van der Waals surface area (Å²) < 4.78 is 0. The van der Waals surface area contributed by atoms with Gasteiger partial charge in [0.1, 0.15) is 5.75 Å². The number of aromatic hydroxyl groups is 1. The summed E-state index contributed by atoms with van der Waals surface area (Å²) >= 11 is 0. The molecule has 1 N–H and O–H groups in total. The van der Waals surface area contributed by atoms with Crippen LogP contribution in [-0.4, -0.2) is 11.3 Å². The lowest BCUT2D eigenvalue weighted by molar-refractivity contribution is 0.475. The lowest BCUT2D eigenvalue weighted by atomic mass is 9.97. The smallest absolute Gasteiger partial charge is 0.124 e. The average molecular weight is 361 g/mol. The molecule has 0 unspecified atom stereocenters. The summed E-state index contributed by atoms with van der Waals surface area (Å²) in [5.74, 6) is 0.255. The summed E-state index contributed by atoms with van der Waals surface area (Å²) in [4.78, 5) is 4.74. The monoisotopic (exact) mass is 361 g/mol. The van der Waals surface area contributed by atoms with Crippen LogP contribution in [0.25, 0.3) is 32.3 Å². The van der Waals surface area contributed by atoms with E-state index in [0.29, 0.717) is 6.54 Å². The zero-order valence-electron chi connectivity index (χ0n) is 15.3. The molecular weight excluding hydrogens is 342 g/mol. The van der Waals surface area contributed by atoms with Crippen molar-refractivity contribution in [3.63, 3.8) is 0 Å². The van der Waals surface area contributed by atoms with Crippen molar-refractivity contribution in [1.82, 2.24) is 0 Å². The van der Waals surface area contributed by atoms with Gasteiger partial charge in [-0.25, -0.2) is 0 Å². The van der Waals surface area contributed by atoms with E-state index in [1.165, 1.54) is 27.1 Å². The molecule has 0 radical (unpaired) electrons. The Hall–Kier alpha value is -3.65. The Morgan fingerprint density at radius 3 is 1.89 bits per heavy atom. The highest BCUT2D eigenvalue weighted by molar-refractivity contribution is 6.04. The van der Waals surface area contributed by atoms with Crippen LogP contribution in [0.15, 0.2) is 96.0 Å². The normalized spacial score (nSPS) is 11.7. The Bertz CT molecular complexity index is 1300. The number of nitrogens with zero attached hydrogens (tertiary/aromatic N) is 1. The molecular formula is C26H19NO. The lowest BCUT2D eigenvalue weighted by Crippen LogP contribution is -1.91. The third-order valence-corrected chi connectivity index (χ3v) is 5.30. The number of fused-ring (bicyclic) bond motifs is 3. The summed E-state index contributed by atoms with van der Waals surface area (Å²) in [6.07, 6.45) is 1.80. The summed E-state index contributed by atoms with van der Waals surface area (Å²) in [5, 5.41) is 17.3. The molecule has 0 aromatic heterocycles. The second kappa shape index (κ2) is 6.82. The second-order valence-corrected chi connectivity index (χ2v) is 6.99. The average Bonchev–Trinajstić information content (AvgIpc) is 2.74. The van der Waals surface area contributed by atoms with Crippen LogP contribution in [0.2, 0.25) is 0 Å². The van der Waals surface area contributed by atoms with Gasteiger partial charge in [-0.05, 0) is 50.0 Å². The summed E-state index contributed by atoms with van der Waals surface area (Å²) in [6, 6.07) is 30.8. The minimum Gasteiger partial charge on any atom is -0.507 e. The van der Waals surface area contributed by atoms with Crippen molar-refractivity contribution in [2.45, 2.75) is 6.54 Å². The Kier molecular flexibility index (Phi) is 4.02. The van der Waals surface area contributed by atoms with Gasteiger partial charge in [0.15, 0.2) is 0 Å². The molecule has 28 heavy (non-hydrogen) atoms. The minimum atomic E-state index is 0.255. The molecule has 0 saturated heterocycles. The molecule has 134 valence electrons. The largest absolute Gasteiger partial charge is 0.507 e. The molecule has 2 heteroatoms. The number of aliphatic imine (C=N–C) groups is 1. The molecule has 0 aliphatic carbocycles. The fourth-order valence-corrected chi connectivity index (χ4v) is 3.93. The van der Waals surface area contributed by atoms with Crippen molar-refractivity contribution in [1.29, 1.82) is 0 Å². The summed E-state index contributed by atoms with van der Waals surface area (Å²) in [7, 11) is 0. The molecule has 0 heterocycles. The van der Waals surface area contributed by atoms with Crippen LogP contribution < -0.4 is 0 Å². The highest BCUT2D eigenvalue weighted by Gasteiger charge is 2.08. The van der Waals surface area contributed by atoms with Crippen LogP contribution in [0.4, 0.5) is 0 Å². The van der Waals surface area contributed by atoms with Crippen LogP contribution in [0.1, 0.15) is 11.1 Å². The van der Waals surface area contributed by atoms with Crippen LogP contribution in [0.3, 0.4) is 0 Å². The molecule has 0 spiro atoms. The standard InChI is InChI=1S/C26H19NO/c28-26-14-13-18-7-1-4-10-21(18)25(26)17-27-16-24-22-11-5-2-8-19(22)15-20-9-3-6-12-23(20)24/h1-15,17,28H,16H2. The van der Waals surface area contributed by atoms with E-state index in [9.17, 15) is 5.11 Å². The first-order chi connectivity index (χ1) is 13.8. The molecule has 0 aliphatic rings. The Balaban J connectivity index is 1.62. The van der Waals surface area contributed by atoms with E-state index in [1.807, 2.05) is 30.3 Å². The topological polar surface area (TPSA) is 32.6 Å². The Morgan fingerprint density at radius 2 is 1.21 bits per heavy atom. The number of rotatable bonds is 3. The van der Waals surface area contributed by atoms with Crippen molar-refractivity contribution in [3.05, 3.63) is 102 Å². The fourth-order valence-electron chi connectivity index (χ4n) is 3.93. The number of phenolic OH excluding ortho intramolecular Hbond substituents is 1. The first-order valence-corrected chi connectivity index (χ1v) is 9.41. The lowest BCUT2D eigenvalue weighted by Gasteiger charge is -2.10. The van der Waals surface area contributed by atoms with Crippen molar-refractivity contribution in [3.8, 4) is 5.75 Å². The predicted octanol–water partition coefficient (Wildman–Crippen LogP) is 6.47. The summed E-state index contributed by atoms with van der Waals surface area (Å²) in [6.45, 7) is 0.560. The minimum absolute atomic E-state index is 0.255. The van der Waals surface area contributed by atoms with E-state index in [0.717, 1.165) is 16.3 Å². The summed E-state index contributed by atoms with van der Waals surface area (Å²) in [5.41, 5.74) is 1.98. The first-order valence-electron chi connectivity index (χ1n) is 9.41. The maximum Gasteiger partial charge on any atom is 0.124 e. The molecule has 0 atom stereocenters. The van der Waals surface area contributed by atoms with Crippen molar-refractivity contribution < 1.29 is 5.11 Å². The molecule has 0 aliphatic heterocycles. The van der Waals surface area contributed by atoms with Crippen molar-refractivity contribution in [2.75, 3.05) is 0 Å². The highest BCUT2D eigenvalue weighted by Crippen LogP contribution is 2.30. The van der Waals surface area contributed by atoms with E-state index in [4.69, 9.17) is 4.99 Å². The SMILES string of the molecule is Oc1ccc2ccccc2c1C=NCc1c2ccccc2cc2ccccc12. The highest BCUT2D eigenvalue weighted by atomic mass is 16.3. The van der Waals surface area contributed by atoms with Gasteiger partial charge in [-0.2, -0.15) is 0 Å². The third kappa shape index (κ3) is 2.80. The molecule has 0 saturated carbocycles. The van der Waals surface area contributed by atoms with Crippen LogP contribution in [0, 0.1) is 0 Å². The molecule has 5 aromatic rings. The first kappa shape index (κ1) is 16.5. The quantitative estimate of drug-likeness (QED) is 0.290. The van der Waals surface area contributed by atoms with Gasteiger partial charge in [0.25, 0.3) is 0 Å². The van der Waals surface area contributed by atoms with E-state index in [1.54, 1.807) is 12.3 Å². The van der Waals surface area contributed by atoms with E-state index in [2.05, 4.69) is 54.6 Å². The predicted molar refractivity (Wildman–Crippen MR) is 118 cm³/mol. The number of hydrogen-bond donors (Lipinski definition) is 1. The van der Waals surface area contributed by atoms with Gasteiger partial charge in [-0.1, -0.05) is 78.9 Å². The van der Waals surface area contributed by atoms with Gasteiger partial charge in [-0.15, -0.1) is 0 Å². The van der Waals surface area contributed by atoms with Crippen LogP contribution in [0.5, 0.6) is 5.75 Å². The van der Waals surface area contributed by atoms with Crippen LogP contribution in [-0.2, 0) is 6.54 Å². The maximum absolute atomic E-state index is 10.4. The Labute approximate surface area is 163 Å². The Morgan fingerprint density at radius 1 is 0.643 bits per heavy atom. The van der Waals surface area contributed by atoms with Gasteiger partial charge in [-0.3, -0.25) is 4.99 Å². The number of phenols is 1. The fraction of sp³-hybridized carbons (Fsp3) is 0.0385. The van der Waals surface area contributed by atoms with Crippen molar-refractivity contribution >= 4 is 38.5 Å².